The molecule has 0 aromatic heterocycles. The Labute approximate surface area is 83.9 Å². The zero-order chi connectivity index (χ0) is 11.5. The monoisotopic (exact) mass is 202 g/mol. The molecule has 0 fully saturated rings. The Kier molecular flexibility index (Phi) is 4.07. The number of aliphatic carboxylic acids is 1. The van der Waals surface area contributed by atoms with Crippen LogP contribution < -0.4 is 5.73 Å². The highest BCUT2D eigenvalue weighted by atomic mass is 16.4. The number of likely N-dealkylation sites (N-methyl/N-ethyl adjacent to an activating group) is 1. The van der Waals surface area contributed by atoms with Crippen molar-refractivity contribution in [3.05, 3.63) is 0 Å². The molecule has 0 aliphatic heterocycles. The highest BCUT2D eigenvalue weighted by Gasteiger charge is 2.33. The summed E-state index contributed by atoms with van der Waals surface area (Å²) in [4.78, 5) is 23.5. The van der Waals surface area contributed by atoms with Crippen LogP contribution in [0.1, 0.15) is 27.2 Å². The molecule has 5 nitrogen and oxygen atoms in total. The van der Waals surface area contributed by atoms with Gasteiger partial charge in [-0.15, -0.1) is 0 Å². The number of hydrogen-bond donors (Lipinski definition) is 2. The number of amides is 1. The summed E-state index contributed by atoms with van der Waals surface area (Å²) in [7, 11) is 1.45. The third kappa shape index (κ3) is 2.70. The van der Waals surface area contributed by atoms with Crippen LogP contribution in [0.4, 0.5) is 0 Å². The quantitative estimate of drug-likeness (QED) is 0.674. The van der Waals surface area contributed by atoms with Crippen LogP contribution in [0.3, 0.4) is 0 Å². The number of nitrogens with zero attached hydrogens (tertiary/aromatic N) is 1. The lowest BCUT2D eigenvalue weighted by molar-refractivity contribution is -0.150. The first-order valence-electron chi connectivity index (χ1n) is 4.53. The van der Waals surface area contributed by atoms with Gasteiger partial charge in [-0.3, -0.25) is 4.79 Å². The molecule has 0 saturated carbocycles. The maximum absolute atomic E-state index is 11.7. The van der Waals surface area contributed by atoms with Crippen molar-refractivity contribution >= 4 is 11.9 Å². The van der Waals surface area contributed by atoms with E-state index in [-0.39, 0.29) is 5.91 Å². The minimum Gasteiger partial charge on any atom is -0.480 e. The van der Waals surface area contributed by atoms with Gasteiger partial charge in [0.05, 0.1) is 5.54 Å². The van der Waals surface area contributed by atoms with E-state index in [0.717, 1.165) is 4.90 Å². The van der Waals surface area contributed by atoms with E-state index in [4.69, 9.17) is 10.8 Å². The average molecular weight is 202 g/mol. The molecule has 0 aromatic carbocycles. The van der Waals surface area contributed by atoms with Crippen molar-refractivity contribution in [2.45, 2.75) is 38.8 Å². The molecule has 0 rings (SSSR count). The van der Waals surface area contributed by atoms with Crippen LogP contribution in [0.15, 0.2) is 0 Å². The van der Waals surface area contributed by atoms with Crippen molar-refractivity contribution in [1.29, 1.82) is 0 Å². The maximum Gasteiger partial charge on any atom is 0.326 e. The first-order chi connectivity index (χ1) is 6.24. The highest BCUT2D eigenvalue weighted by Crippen LogP contribution is 2.10. The summed E-state index contributed by atoms with van der Waals surface area (Å²) in [5.74, 6) is -1.39. The second-order valence-electron chi connectivity index (χ2n) is 3.70. The minimum absolute atomic E-state index is 0.352. The van der Waals surface area contributed by atoms with Crippen molar-refractivity contribution in [2.24, 2.45) is 5.73 Å². The molecule has 2 unspecified atom stereocenters. The van der Waals surface area contributed by atoms with Gasteiger partial charge in [-0.05, 0) is 20.3 Å². The predicted octanol–water partition coefficient (Wildman–Crippen LogP) is 0.0453. The molecule has 0 spiro atoms. The van der Waals surface area contributed by atoms with Crippen LogP contribution in [0.2, 0.25) is 0 Å². The molecule has 5 heteroatoms. The number of nitrogens with two attached hydrogens (primary N) is 1. The standard InChI is InChI=1S/C9H18N2O3/c1-5-9(3,10)8(14)11(4)6(2)7(12)13/h6H,5,10H2,1-4H3,(H,12,13). The van der Waals surface area contributed by atoms with E-state index >= 15 is 0 Å². The zero-order valence-corrected chi connectivity index (χ0v) is 9.07. The summed E-state index contributed by atoms with van der Waals surface area (Å²) in [5, 5.41) is 8.71. The second kappa shape index (κ2) is 4.41. The normalized spacial score (nSPS) is 16.9. The van der Waals surface area contributed by atoms with Crippen LogP contribution in [0, 0.1) is 0 Å². The summed E-state index contributed by atoms with van der Waals surface area (Å²) < 4.78 is 0. The molecular formula is C9H18N2O3. The summed E-state index contributed by atoms with van der Waals surface area (Å²) in [6.45, 7) is 4.84. The second-order valence-corrected chi connectivity index (χ2v) is 3.70. The molecule has 0 aromatic rings. The van der Waals surface area contributed by atoms with Crippen molar-refractivity contribution in [1.82, 2.24) is 4.90 Å². The first kappa shape index (κ1) is 12.9. The Bertz CT molecular complexity index is 238. The van der Waals surface area contributed by atoms with Crippen LogP contribution in [-0.2, 0) is 9.59 Å². The van der Waals surface area contributed by atoms with Gasteiger partial charge >= 0.3 is 5.97 Å². The Morgan fingerprint density at radius 1 is 1.57 bits per heavy atom. The van der Waals surface area contributed by atoms with Gasteiger partial charge in [-0.2, -0.15) is 0 Å². The zero-order valence-electron chi connectivity index (χ0n) is 9.07. The highest BCUT2D eigenvalue weighted by molar-refractivity contribution is 5.89. The van der Waals surface area contributed by atoms with Gasteiger partial charge in [0.2, 0.25) is 5.91 Å². The van der Waals surface area contributed by atoms with Crippen LogP contribution in [0.5, 0.6) is 0 Å². The Balaban J connectivity index is 4.63. The van der Waals surface area contributed by atoms with Crippen LogP contribution in [-0.4, -0.2) is 40.5 Å². The van der Waals surface area contributed by atoms with E-state index < -0.39 is 17.6 Å². The minimum atomic E-state index is -1.03. The van der Waals surface area contributed by atoms with Gasteiger partial charge in [-0.25, -0.2) is 4.79 Å². The molecule has 0 aliphatic rings. The number of hydrogen-bond acceptors (Lipinski definition) is 3. The smallest absolute Gasteiger partial charge is 0.326 e. The maximum atomic E-state index is 11.7. The van der Waals surface area contributed by atoms with E-state index in [1.54, 1.807) is 13.8 Å². The fraction of sp³-hybridized carbons (Fsp3) is 0.778. The van der Waals surface area contributed by atoms with Crippen molar-refractivity contribution < 1.29 is 14.7 Å². The van der Waals surface area contributed by atoms with Gasteiger partial charge in [0.15, 0.2) is 0 Å². The molecule has 0 radical (unpaired) electrons. The Hall–Kier alpha value is -1.10. The van der Waals surface area contributed by atoms with Crippen molar-refractivity contribution in [2.75, 3.05) is 7.05 Å². The number of carbonyl (C=O) groups is 2. The Morgan fingerprint density at radius 2 is 2.00 bits per heavy atom. The van der Waals surface area contributed by atoms with Crippen LogP contribution in [0.25, 0.3) is 0 Å². The summed E-state index contributed by atoms with van der Waals surface area (Å²) in [5.41, 5.74) is 4.73. The lowest BCUT2D eigenvalue weighted by Gasteiger charge is -2.30. The van der Waals surface area contributed by atoms with Crippen molar-refractivity contribution in [3.63, 3.8) is 0 Å². The van der Waals surface area contributed by atoms with Gasteiger partial charge < -0.3 is 15.7 Å². The van der Waals surface area contributed by atoms with E-state index in [1.165, 1.54) is 14.0 Å². The topological polar surface area (TPSA) is 83.6 Å². The SMILES string of the molecule is CCC(C)(N)C(=O)N(C)C(C)C(=O)O. The third-order valence-corrected chi connectivity index (χ3v) is 2.48. The molecule has 3 N–H and O–H groups in total. The largest absolute Gasteiger partial charge is 0.480 e. The van der Waals surface area contributed by atoms with E-state index in [0.29, 0.717) is 6.42 Å². The number of carbonyl (C=O) groups excluding carboxylic acids is 1. The third-order valence-electron chi connectivity index (χ3n) is 2.48. The molecule has 0 bridgehead atoms. The fourth-order valence-electron chi connectivity index (χ4n) is 0.896. The Morgan fingerprint density at radius 3 is 2.29 bits per heavy atom. The summed E-state index contributed by atoms with van der Waals surface area (Å²) in [6, 6.07) is -0.850. The first-order valence-corrected chi connectivity index (χ1v) is 4.53. The predicted molar refractivity (Wildman–Crippen MR) is 52.8 cm³/mol. The molecular weight excluding hydrogens is 184 g/mol. The van der Waals surface area contributed by atoms with Gasteiger partial charge in [-0.1, -0.05) is 6.92 Å². The average Bonchev–Trinajstić information content (AvgIpc) is 2.14. The molecule has 14 heavy (non-hydrogen) atoms. The molecule has 82 valence electrons. The molecule has 0 aliphatic carbocycles. The summed E-state index contributed by atoms with van der Waals surface area (Å²) >= 11 is 0. The number of carboxylic acids is 1. The lowest BCUT2D eigenvalue weighted by Crippen LogP contribution is -2.55. The molecule has 0 heterocycles. The van der Waals surface area contributed by atoms with Gasteiger partial charge in [0.25, 0.3) is 0 Å². The number of rotatable bonds is 4. The van der Waals surface area contributed by atoms with Crippen molar-refractivity contribution in [3.8, 4) is 0 Å². The van der Waals surface area contributed by atoms with Crippen LogP contribution >= 0.6 is 0 Å². The van der Waals surface area contributed by atoms with Gasteiger partial charge in [0, 0.05) is 7.05 Å². The molecule has 2 atom stereocenters. The fourth-order valence-corrected chi connectivity index (χ4v) is 0.896. The molecule has 0 saturated heterocycles. The van der Waals surface area contributed by atoms with E-state index in [2.05, 4.69) is 0 Å². The van der Waals surface area contributed by atoms with E-state index in [9.17, 15) is 9.59 Å². The summed E-state index contributed by atoms with van der Waals surface area (Å²) in [6.07, 6.45) is 0.475. The molecule has 1 amide bonds. The van der Waals surface area contributed by atoms with Gasteiger partial charge in [0.1, 0.15) is 6.04 Å². The van der Waals surface area contributed by atoms with E-state index in [1.807, 2.05) is 0 Å². The lowest BCUT2D eigenvalue weighted by atomic mass is 9.98. The number of carboxylic acid groups (broad SMARTS) is 1.